The summed E-state index contributed by atoms with van der Waals surface area (Å²) in [7, 11) is 0. The van der Waals surface area contributed by atoms with E-state index in [4.69, 9.17) is 0 Å². The molecule has 1 atom stereocenters. The van der Waals surface area contributed by atoms with Crippen molar-refractivity contribution in [2.24, 2.45) is 5.41 Å². The van der Waals surface area contributed by atoms with Crippen LogP contribution < -0.4 is 0 Å². The van der Waals surface area contributed by atoms with Gasteiger partial charge in [-0.25, -0.2) is 9.97 Å². The van der Waals surface area contributed by atoms with Gasteiger partial charge in [0, 0.05) is 44.1 Å². The largest absolute Gasteiger partial charge is 0.342 e. The molecule has 0 unspecified atom stereocenters. The van der Waals surface area contributed by atoms with Gasteiger partial charge in [-0.1, -0.05) is 30.3 Å². The smallest absolute Gasteiger partial charge is 0.230 e. The summed E-state index contributed by atoms with van der Waals surface area (Å²) in [5.41, 5.74) is 2.32. The third-order valence-corrected chi connectivity index (χ3v) is 6.23. The fourth-order valence-corrected chi connectivity index (χ4v) is 4.72. The summed E-state index contributed by atoms with van der Waals surface area (Å²) in [5.74, 6) is 1.18. The van der Waals surface area contributed by atoms with E-state index in [1.807, 2.05) is 19.3 Å². The van der Waals surface area contributed by atoms with E-state index in [1.165, 1.54) is 5.56 Å². The van der Waals surface area contributed by atoms with Crippen molar-refractivity contribution in [3.05, 3.63) is 59.7 Å². The summed E-state index contributed by atoms with van der Waals surface area (Å²) in [6, 6.07) is 10.6. The first kappa shape index (κ1) is 19.1. The first-order chi connectivity index (χ1) is 13.6. The van der Waals surface area contributed by atoms with Crippen molar-refractivity contribution in [2.45, 2.75) is 45.6 Å². The Kier molecular flexibility index (Phi) is 5.72. The van der Waals surface area contributed by atoms with Gasteiger partial charge in [-0.15, -0.1) is 0 Å². The van der Waals surface area contributed by atoms with Crippen molar-refractivity contribution in [3.8, 4) is 0 Å². The number of carbonyl (C=O) groups excluding carboxylic acids is 1. The lowest BCUT2D eigenvalue weighted by molar-refractivity contribution is -0.145. The molecule has 5 nitrogen and oxygen atoms in total. The van der Waals surface area contributed by atoms with E-state index < -0.39 is 0 Å². The molecule has 0 saturated carbocycles. The first-order valence-electron chi connectivity index (χ1n) is 10.5. The van der Waals surface area contributed by atoms with Gasteiger partial charge in [0.1, 0.15) is 5.82 Å². The van der Waals surface area contributed by atoms with Gasteiger partial charge in [-0.2, -0.15) is 0 Å². The van der Waals surface area contributed by atoms with Crippen molar-refractivity contribution in [1.29, 1.82) is 0 Å². The van der Waals surface area contributed by atoms with E-state index in [9.17, 15) is 4.79 Å². The topological polar surface area (TPSA) is 49.3 Å². The Morgan fingerprint density at radius 2 is 1.82 bits per heavy atom. The summed E-state index contributed by atoms with van der Waals surface area (Å²) >= 11 is 0. The molecule has 3 heterocycles. The van der Waals surface area contributed by atoms with E-state index in [0.29, 0.717) is 5.91 Å². The quantitative estimate of drug-likeness (QED) is 0.774. The summed E-state index contributed by atoms with van der Waals surface area (Å²) < 4.78 is 0. The van der Waals surface area contributed by atoms with E-state index in [2.05, 4.69) is 50.1 Å². The summed E-state index contributed by atoms with van der Waals surface area (Å²) in [6.45, 7) is 6.39. The molecule has 148 valence electrons. The molecule has 2 aliphatic heterocycles. The molecule has 5 heteroatoms. The predicted molar refractivity (Wildman–Crippen MR) is 110 cm³/mol. The number of aryl methyl sites for hydroxylation is 2. The van der Waals surface area contributed by atoms with Crippen LogP contribution in [0, 0.1) is 12.3 Å². The Hall–Kier alpha value is -2.27. The highest BCUT2D eigenvalue weighted by molar-refractivity contribution is 5.84. The Labute approximate surface area is 167 Å². The highest BCUT2D eigenvalue weighted by atomic mass is 16.2. The minimum atomic E-state index is -0.170. The maximum absolute atomic E-state index is 13.3. The molecule has 4 rings (SSSR count). The van der Waals surface area contributed by atoms with Crippen LogP contribution in [0.5, 0.6) is 0 Å². The van der Waals surface area contributed by atoms with E-state index in [-0.39, 0.29) is 5.41 Å². The molecule has 1 amide bonds. The molecule has 28 heavy (non-hydrogen) atoms. The molecule has 2 saturated heterocycles. The number of carbonyl (C=O) groups is 1. The molecule has 0 radical (unpaired) electrons. The molecule has 0 bridgehead atoms. The number of rotatable bonds is 6. The number of hydrogen-bond donors (Lipinski definition) is 0. The second kappa shape index (κ2) is 8.39. The second-order valence-corrected chi connectivity index (χ2v) is 8.36. The standard InChI is InChI=1S/C23H30N4O/c1-19-24-15-21(16-25-19)17-26-14-11-23(18-26)10-6-13-27(22(23)28)12-5-9-20-7-3-2-4-8-20/h2-4,7-8,15-16H,5-6,9-14,17-18H2,1H3/t23-/m0/s1. The number of hydrogen-bond acceptors (Lipinski definition) is 4. The summed E-state index contributed by atoms with van der Waals surface area (Å²) in [5, 5.41) is 0. The monoisotopic (exact) mass is 378 g/mol. The number of piperidine rings is 1. The van der Waals surface area contributed by atoms with Gasteiger partial charge in [-0.3, -0.25) is 9.69 Å². The molecular weight excluding hydrogens is 348 g/mol. The number of benzene rings is 1. The number of aromatic nitrogens is 2. The lowest BCUT2D eigenvalue weighted by atomic mass is 9.78. The predicted octanol–water partition coefficient (Wildman–Crippen LogP) is 3.23. The van der Waals surface area contributed by atoms with Crippen LogP contribution in [0.25, 0.3) is 0 Å². The van der Waals surface area contributed by atoms with Crippen LogP contribution in [-0.2, 0) is 17.8 Å². The van der Waals surface area contributed by atoms with Gasteiger partial charge in [0.15, 0.2) is 0 Å². The zero-order valence-electron chi connectivity index (χ0n) is 16.8. The van der Waals surface area contributed by atoms with E-state index in [0.717, 1.165) is 76.2 Å². The van der Waals surface area contributed by atoms with Crippen molar-refractivity contribution < 1.29 is 4.79 Å². The van der Waals surface area contributed by atoms with Gasteiger partial charge in [0.25, 0.3) is 0 Å². The van der Waals surface area contributed by atoms with Crippen LogP contribution in [0.4, 0.5) is 0 Å². The van der Waals surface area contributed by atoms with Gasteiger partial charge < -0.3 is 4.90 Å². The molecule has 1 aromatic carbocycles. The SMILES string of the molecule is Cc1ncc(CN2CC[C@@]3(CCCN(CCCc4ccccc4)C3=O)C2)cn1. The fourth-order valence-electron chi connectivity index (χ4n) is 4.72. The van der Waals surface area contributed by atoms with Gasteiger partial charge in [-0.05, 0) is 51.1 Å². The Morgan fingerprint density at radius 3 is 2.61 bits per heavy atom. The highest BCUT2D eigenvalue weighted by Gasteiger charge is 2.47. The average molecular weight is 379 g/mol. The van der Waals surface area contributed by atoms with Gasteiger partial charge in [0.05, 0.1) is 5.41 Å². The number of amides is 1. The van der Waals surface area contributed by atoms with Crippen LogP contribution in [0.15, 0.2) is 42.7 Å². The van der Waals surface area contributed by atoms with Crippen molar-refractivity contribution in [1.82, 2.24) is 19.8 Å². The van der Waals surface area contributed by atoms with Gasteiger partial charge in [0.2, 0.25) is 5.91 Å². The van der Waals surface area contributed by atoms with Crippen LogP contribution >= 0.6 is 0 Å². The summed E-state index contributed by atoms with van der Waals surface area (Å²) in [4.78, 5) is 26.4. The lowest BCUT2D eigenvalue weighted by Gasteiger charge is -2.39. The highest BCUT2D eigenvalue weighted by Crippen LogP contribution is 2.40. The Morgan fingerprint density at radius 1 is 1.04 bits per heavy atom. The molecule has 0 aliphatic carbocycles. The van der Waals surface area contributed by atoms with Crippen molar-refractivity contribution in [3.63, 3.8) is 0 Å². The van der Waals surface area contributed by atoms with Crippen molar-refractivity contribution in [2.75, 3.05) is 26.2 Å². The van der Waals surface area contributed by atoms with Crippen LogP contribution in [0.1, 0.15) is 42.6 Å². The molecule has 2 fully saturated rings. The zero-order valence-corrected chi connectivity index (χ0v) is 16.8. The number of likely N-dealkylation sites (tertiary alicyclic amines) is 2. The number of nitrogens with zero attached hydrogens (tertiary/aromatic N) is 4. The van der Waals surface area contributed by atoms with E-state index >= 15 is 0 Å². The summed E-state index contributed by atoms with van der Waals surface area (Å²) in [6.07, 6.45) is 9.03. The maximum atomic E-state index is 13.3. The molecular formula is C23H30N4O. The normalized spacial score (nSPS) is 22.9. The molecule has 2 aliphatic rings. The molecule has 1 spiro atoms. The van der Waals surface area contributed by atoms with Gasteiger partial charge >= 0.3 is 0 Å². The van der Waals surface area contributed by atoms with E-state index in [1.54, 1.807) is 0 Å². The fraction of sp³-hybridized carbons (Fsp3) is 0.522. The van der Waals surface area contributed by atoms with Crippen LogP contribution in [0.3, 0.4) is 0 Å². The average Bonchev–Trinajstić information content (AvgIpc) is 3.11. The zero-order chi connectivity index (χ0) is 19.4. The third kappa shape index (κ3) is 4.25. The second-order valence-electron chi connectivity index (χ2n) is 8.36. The van der Waals surface area contributed by atoms with Crippen LogP contribution in [0.2, 0.25) is 0 Å². The Bertz CT molecular complexity index is 792. The van der Waals surface area contributed by atoms with Crippen LogP contribution in [-0.4, -0.2) is 51.9 Å². The van der Waals surface area contributed by atoms with Crippen molar-refractivity contribution >= 4 is 5.91 Å². The minimum Gasteiger partial charge on any atom is -0.342 e. The minimum absolute atomic E-state index is 0.170. The third-order valence-electron chi connectivity index (χ3n) is 6.23. The Balaban J connectivity index is 1.32. The molecule has 2 aromatic rings. The molecule has 1 aromatic heterocycles. The molecule has 0 N–H and O–H groups in total. The first-order valence-corrected chi connectivity index (χ1v) is 10.5. The maximum Gasteiger partial charge on any atom is 0.230 e. The lowest BCUT2D eigenvalue weighted by Crippen LogP contribution is -2.50.